The van der Waals surface area contributed by atoms with Crippen LogP contribution in [0.4, 0.5) is 17.6 Å². The number of benzene rings is 2. The van der Waals surface area contributed by atoms with Crippen LogP contribution in [0.1, 0.15) is 37.8 Å². The Labute approximate surface area is 240 Å². The number of ether oxygens (including phenoxy) is 2. The third-order valence-corrected chi connectivity index (χ3v) is 6.71. The fourth-order valence-electron chi connectivity index (χ4n) is 4.42. The van der Waals surface area contributed by atoms with Gasteiger partial charge in [0.25, 0.3) is 0 Å². The Bertz CT molecular complexity index is 1500. The van der Waals surface area contributed by atoms with Crippen molar-refractivity contribution in [2.45, 2.75) is 32.9 Å². The second kappa shape index (κ2) is 13.8. The zero-order valence-corrected chi connectivity index (χ0v) is 23.4. The van der Waals surface area contributed by atoms with Gasteiger partial charge in [-0.15, -0.1) is 0 Å². The maximum atomic E-state index is 14.7. The molecular weight excluding hydrogens is 556 g/mol. The van der Waals surface area contributed by atoms with Gasteiger partial charge in [0.2, 0.25) is 0 Å². The van der Waals surface area contributed by atoms with Crippen molar-refractivity contribution in [2.24, 2.45) is 4.99 Å². The van der Waals surface area contributed by atoms with Gasteiger partial charge in [-0.25, -0.2) is 9.18 Å². The van der Waals surface area contributed by atoms with E-state index < -0.39 is 23.3 Å². The van der Waals surface area contributed by atoms with E-state index in [0.717, 1.165) is 43.8 Å². The second-order valence-electron chi connectivity index (χ2n) is 9.97. The minimum atomic E-state index is -4.44. The summed E-state index contributed by atoms with van der Waals surface area (Å²) in [5.74, 6) is -1.24. The van der Waals surface area contributed by atoms with E-state index in [2.05, 4.69) is 26.1 Å². The molecule has 2 aromatic carbocycles. The first-order valence-corrected chi connectivity index (χ1v) is 13.4. The SMILES string of the molecule is C=C(C)C(=N/C(CCCN1CCOCC1)=C(\C)COc1ccc(-c2noc(=O)[nH]2)c(F)c1)c1ccc(C(F)(F)F)cc1. The summed E-state index contributed by atoms with van der Waals surface area (Å²) < 4.78 is 69.8. The normalized spacial score (nSPS) is 15.4. The van der Waals surface area contributed by atoms with Gasteiger partial charge in [0.05, 0.1) is 30.1 Å². The number of aliphatic imine (C=N–C) groups is 1. The quantitative estimate of drug-likeness (QED) is 0.218. The number of aromatic nitrogens is 2. The highest BCUT2D eigenvalue weighted by molar-refractivity contribution is 6.12. The number of nitrogens with zero attached hydrogens (tertiary/aromatic N) is 3. The predicted molar refractivity (Wildman–Crippen MR) is 150 cm³/mol. The van der Waals surface area contributed by atoms with Crippen molar-refractivity contribution >= 4 is 5.71 Å². The first-order chi connectivity index (χ1) is 20.0. The number of morpholine rings is 1. The van der Waals surface area contributed by atoms with Crippen molar-refractivity contribution < 1.29 is 31.6 Å². The molecule has 3 aromatic rings. The fraction of sp³-hybridized carbons (Fsp3) is 0.367. The van der Waals surface area contributed by atoms with Crippen LogP contribution in [0.2, 0.25) is 0 Å². The van der Waals surface area contributed by atoms with E-state index in [9.17, 15) is 22.4 Å². The van der Waals surface area contributed by atoms with Crippen molar-refractivity contribution in [3.63, 3.8) is 0 Å². The third kappa shape index (κ3) is 8.26. The zero-order valence-electron chi connectivity index (χ0n) is 23.4. The number of rotatable bonds is 11. The summed E-state index contributed by atoms with van der Waals surface area (Å²) in [5, 5.41) is 3.50. The molecule has 224 valence electrons. The summed E-state index contributed by atoms with van der Waals surface area (Å²) in [6.45, 7) is 11.6. The van der Waals surface area contributed by atoms with Crippen LogP contribution in [0.5, 0.6) is 5.75 Å². The topological polar surface area (TPSA) is 92.9 Å². The average molecular weight is 589 g/mol. The molecule has 0 spiro atoms. The minimum absolute atomic E-state index is 0.0346. The summed E-state index contributed by atoms with van der Waals surface area (Å²) in [6.07, 6.45) is -3.08. The molecule has 1 aromatic heterocycles. The molecule has 0 amide bonds. The van der Waals surface area contributed by atoms with E-state index in [4.69, 9.17) is 14.5 Å². The molecule has 0 unspecified atom stereocenters. The number of aromatic amines is 1. The van der Waals surface area contributed by atoms with E-state index in [-0.39, 0.29) is 23.7 Å². The van der Waals surface area contributed by atoms with Crippen LogP contribution in [0.3, 0.4) is 0 Å². The lowest BCUT2D eigenvalue weighted by molar-refractivity contribution is -0.137. The Morgan fingerprint density at radius 3 is 2.45 bits per heavy atom. The lowest BCUT2D eigenvalue weighted by atomic mass is 10.0. The summed E-state index contributed by atoms with van der Waals surface area (Å²) in [4.78, 5) is 20.7. The summed E-state index contributed by atoms with van der Waals surface area (Å²) >= 11 is 0. The minimum Gasteiger partial charge on any atom is -0.489 e. The summed E-state index contributed by atoms with van der Waals surface area (Å²) in [6, 6.07) is 8.97. The molecule has 2 heterocycles. The number of allylic oxidation sites excluding steroid dienone is 2. The zero-order chi connectivity index (χ0) is 30.3. The number of halogens is 4. The molecule has 8 nitrogen and oxygen atoms in total. The molecular formula is C30H32F4N4O4. The fourth-order valence-corrected chi connectivity index (χ4v) is 4.42. The Morgan fingerprint density at radius 1 is 1.14 bits per heavy atom. The van der Waals surface area contributed by atoms with Gasteiger partial charge in [0.15, 0.2) is 5.82 Å². The maximum absolute atomic E-state index is 14.7. The molecule has 42 heavy (non-hydrogen) atoms. The van der Waals surface area contributed by atoms with Crippen LogP contribution in [0, 0.1) is 5.82 Å². The van der Waals surface area contributed by atoms with E-state index in [1.54, 1.807) is 13.0 Å². The number of hydrogen-bond donors (Lipinski definition) is 1. The van der Waals surface area contributed by atoms with Crippen LogP contribution in [-0.2, 0) is 10.9 Å². The predicted octanol–water partition coefficient (Wildman–Crippen LogP) is 6.02. The van der Waals surface area contributed by atoms with Gasteiger partial charge >= 0.3 is 11.9 Å². The van der Waals surface area contributed by atoms with Crippen molar-refractivity contribution in [1.29, 1.82) is 0 Å². The molecule has 1 aliphatic rings. The molecule has 1 saturated heterocycles. The van der Waals surface area contributed by atoms with Crippen molar-refractivity contribution in [1.82, 2.24) is 15.0 Å². The van der Waals surface area contributed by atoms with Gasteiger partial charge in [-0.1, -0.05) is 23.9 Å². The molecule has 0 atom stereocenters. The number of H-pyrrole nitrogens is 1. The molecule has 0 bridgehead atoms. The van der Waals surface area contributed by atoms with Crippen molar-refractivity contribution in [3.8, 4) is 17.1 Å². The third-order valence-electron chi connectivity index (χ3n) is 6.71. The van der Waals surface area contributed by atoms with Gasteiger partial charge in [-0.2, -0.15) is 13.2 Å². The Hall–Kier alpha value is -4.03. The van der Waals surface area contributed by atoms with Crippen LogP contribution in [-0.4, -0.2) is 60.2 Å². The van der Waals surface area contributed by atoms with Gasteiger partial charge in [-0.05, 0) is 68.6 Å². The lowest BCUT2D eigenvalue weighted by Gasteiger charge is -2.26. The van der Waals surface area contributed by atoms with E-state index in [1.807, 2.05) is 6.92 Å². The highest BCUT2D eigenvalue weighted by Gasteiger charge is 2.30. The van der Waals surface area contributed by atoms with Crippen LogP contribution >= 0.6 is 0 Å². The van der Waals surface area contributed by atoms with Crippen LogP contribution in [0.25, 0.3) is 11.4 Å². The molecule has 1 fully saturated rings. The van der Waals surface area contributed by atoms with Crippen molar-refractivity contribution in [2.75, 3.05) is 39.5 Å². The van der Waals surface area contributed by atoms with Crippen LogP contribution in [0.15, 0.2) is 80.2 Å². The van der Waals surface area contributed by atoms with Gasteiger partial charge < -0.3 is 9.47 Å². The lowest BCUT2D eigenvalue weighted by Crippen LogP contribution is -2.36. The summed E-state index contributed by atoms with van der Waals surface area (Å²) in [7, 11) is 0. The van der Waals surface area contributed by atoms with E-state index in [1.165, 1.54) is 24.3 Å². The smallest absolute Gasteiger partial charge is 0.439 e. The largest absolute Gasteiger partial charge is 0.489 e. The molecule has 12 heteroatoms. The average Bonchev–Trinajstić information content (AvgIpc) is 3.39. The summed E-state index contributed by atoms with van der Waals surface area (Å²) in [5.41, 5.74) is 2.37. The standard InChI is InChI=1S/C30H32F4N4O4/c1-19(2)27(21-6-8-22(9-7-21)30(32,33)34)35-26(5-4-12-38-13-15-40-16-14-38)20(3)18-41-23-10-11-24(25(31)17-23)28-36-29(39)42-37-28/h6-11,17H,1,4-5,12-16,18H2,2-3H3,(H,36,37,39)/b26-20+,35-27?. The first kappa shape index (κ1) is 30.9. The molecule has 0 aliphatic carbocycles. The van der Waals surface area contributed by atoms with E-state index in [0.29, 0.717) is 42.2 Å². The Balaban J connectivity index is 1.57. The number of hydrogen-bond acceptors (Lipinski definition) is 7. The molecule has 0 radical (unpaired) electrons. The molecule has 1 aliphatic heterocycles. The van der Waals surface area contributed by atoms with Gasteiger partial charge in [-0.3, -0.25) is 19.4 Å². The van der Waals surface area contributed by atoms with Crippen molar-refractivity contribution in [3.05, 3.63) is 93.4 Å². The van der Waals surface area contributed by atoms with Gasteiger partial charge in [0.1, 0.15) is 18.2 Å². The molecule has 4 rings (SSSR count). The Morgan fingerprint density at radius 2 is 1.86 bits per heavy atom. The maximum Gasteiger partial charge on any atom is 0.439 e. The second-order valence-corrected chi connectivity index (χ2v) is 9.97. The Kier molecular flexibility index (Phi) is 10.1. The van der Waals surface area contributed by atoms with Gasteiger partial charge in [0, 0.05) is 30.4 Å². The first-order valence-electron chi connectivity index (χ1n) is 13.4. The molecule has 1 N–H and O–H groups in total. The molecule has 0 saturated carbocycles. The number of nitrogens with one attached hydrogen (secondary N) is 1. The highest BCUT2D eigenvalue weighted by Crippen LogP contribution is 2.30. The van der Waals surface area contributed by atoms with E-state index >= 15 is 0 Å². The highest BCUT2D eigenvalue weighted by atomic mass is 19.4. The van der Waals surface area contributed by atoms with Crippen LogP contribution < -0.4 is 10.5 Å². The number of alkyl halides is 3. The monoisotopic (exact) mass is 588 g/mol.